The largest absolute Gasteiger partial charge is 0.237 e. The monoisotopic (exact) mass is 350 g/mol. The highest BCUT2D eigenvalue weighted by atomic mass is 16.1. The molecule has 0 saturated carbocycles. The van der Waals surface area contributed by atoms with Crippen molar-refractivity contribution in [3.8, 4) is 0 Å². The van der Waals surface area contributed by atoms with Gasteiger partial charge in [0, 0.05) is 0 Å². The average Bonchev–Trinajstić information content (AvgIpc) is 2.61. The van der Waals surface area contributed by atoms with E-state index >= 15 is 0 Å². The lowest BCUT2D eigenvalue weighted by molar-refractivity contribution is 0.510. The van der Waals surface area contributed by atoms with Crippen LogP contribution in [0.5, 0.6) is 0 Å². The van der Waals surface area contributed by atoms with Crippen molar-refractivity contribution in [2.24, 2.45) is 9.98 Å². The lowest BCUT2D eigenvalue weighted by Gasteiger charge is -2.04. The van der Waals surface area contributed by atoms with Crippen molar-refractivity contribution in [3.63, 3.8) is 0 Å². The summed E-state index contributed by atoms with van der Waals surface area (Å²) in [5, 5.41) is 0. The van der Waals surface area contributed by atoms with Gasteiger partial charge in [-0.1, -0.05) is 103 Å². The molecule has 0 aliphatic carbocycles. The van der Waals surface area contributed by atoms with Crippen molar-refractivity contribution in [2.45, 2.75) is 122 Å². The predicted octanol–water partition coefficient (Wildman–Crippen LogP) is 6.64. The van der Waals surface area contributed by atoms with E-state index in [1.165, 1.54) is 102 Å². The van der Waals surface area contributed by atoms with Crippen LogP contribution in [0, 0.1) is 0 Å². The molecule has 4 nitrogen and oxygen atoms in total. The van der Waals surface area contributed by atoms with E-state index < -0.39 is 6.17 Å². The first-order chi connectivity index (χ1) is 12.3. The first-order valence-corrected chi connectivity index (χ1v) is 10.5. The molecular formula is C21H38N2O2. The van der Waals surface area contributed by atoms with Crippen LogP contribution in [0.25, 0.3) is 0 Å². The number of isocyanates is 2. The van der Waals surface area contributed by atoms with Gasteiger partial charge in [0.15, 0.2) is 6.17 Å². The molecule has 144 valence electrons. The minimum atomic E-state index is -0.568. The van der Waals surface area contributed by atoms with Gasteiger partial charge in [-0.3, -0.25) is 0 Å². The van der Waals surface area contributed by atoms with Crippen molar-refractivity contribution >= 4 is 12.2 Å². The third kappa shape index (κ3) is 18.9. The van der Waals surface area contributed by atoms with Gasteiger partial charge in [0.25, 0.3) is 0 Å². The molecule has 0 aromatic heterocycles. The van der Waals surface area contributed by atoms with Crippen LogP contribution in [0.3, 0.4) is 0 Å². The molecule has 0 fully saturated rings. The number of nitrogens with zero attached hydrogens (tertiary/aromatic N) is 2. The van der Waals surface area contributed by atoms with Gasteiger partial charge >= 0.3 is 0 Å². The van der Waals surface area contributed by atoms with Crippen LogP contribution in [-0.4, -0.2) is 18.3 Å². The number of hydrogen-bond donors (Lipinski definition) is 0. The fourth-order valence-electron chi connectivity index (χ4n) is 3.15. The molecule has 25 heavy (non-hydrogen) atoms. The minimum Gasteiger partial charge on any atom is -0.211 e. The zero-order valence-electron chi connectivity index (χ0n) is 16.3. The Morgan fingerprint density at radius 2 is 0.880 bits per heavy atom. The SMILES string of the molecule is CCCCCCCCCCCCCCCCCCC(N=C=O)N=C=O. The molecule has 0 rings (SSSR count). The Labute approximate surface area is 154 Å². The maximum Gasteiger partial charge on any atom is 0.237 e. The van der Waals surface area contributed by atoms with Gasteiger partial charge in [-0.2, -0.15) is 9.98 Å². The quantitative estimate of drug-likeness (QED) is 0.149. The lowest BCUT2D eigenvalue weighted by Crippen LogP contribution is -1.99. The Bertz CT molecular complexity index is 354. The van der Waals surface area contributed by atoms with Crippen molar-refractivity contribution in [2.75, 3.05) is 0 Å². The molecule has 0 aromatic carbocycles. The van der Waals surface area contributed by atoms with Gasteiger partial charge in [0.1, 0.15) is 0 Å². The highest BCUT2D eigenvalue weighted by Gasteiger charge is 2.03. The van der Waals surface area contributed by atoms with Crippen LogP contribution >= 0.6 is 0 Å². The second kappa shape index (κ2) is 20.8. The van der Waals surface area contributed by atoms with Crippen molar-refractivity contribution in [1.29, 1.82) is 0 Å². The Morgan fingerprint density at radius 1 is 0.560 bits per heavy atom. The summed E-state index contributed by atoms with van der Waals surface area (Å²) in [6, 6.07) is 0. The zero-order chi connectivity index (χ0) is 18.4. The normalized spacial score (nSPS) is 11.6. The zero-order valence-corrected chi connectivity index (χ0v) is 16.3. The number of carbonyl (C=O) groups excluding carboxylic acids is 2. The fourth-order valence-corrected chi connectivity index (χ4v) is 3.15. The van der Waals surface area contributed by atoms with E-state index in [4.69, 9.17) is 0 Å². The van der Waals surface area contributed by atoms with E-state index in [9.17, 15) is 9.59 Å². The first kappa shape index (κ1) is 23.8. The highest BCUT2D eigenvalue weighted by Crippen LogP contribution is 2.14. The first-order valence-electron chi connectivity index (χ1n) is 10.5. The highest BCUT2D eigenvalue weighted by molar-refractivity contribution is 5.36. The molecule has 0 atom stereocenters. The molecule has 0 unspecified atom stereocenters. The summed E-state index contributed by atoms with van der Waals surface area (Å²) in [4.78, 5) is 27.3. The second-order valence-corrected chi connectivity index (χ2v) is 7.01. The van der Waals surface area contributed by atoms with E-state index in [0.29, 0.717) is 6.42 Å². The Kier molecular flexibility index (Phi) is 19.8. The fraction of sp³-hybridized carbons (Fsp3) is 0.905. The Hall–Kier alpha value is -1.24. The molecule has 0 aliphatic rings. The van der Waals surface area contributed by atoms with Gasteiger partial charge in [-0.15, -0.1) is 0 Å². The van der Waals surface area contributed by atoms with Crippen LogP contribution in [-0.2, 0) is 9.59 Å². The maximum atomic E-state index is 10.2. The molecule has 0 saturated heterocycles. The number of aliphatic imine (C=N–C) groups is 2. The summed E-state index contributed by atoms with van der Waals surface area (Å²) in [7, 11) is 0. The lowest BCUT2D eigenvalue weighted by atomic mass is 10.0. The van der Waals surface area contributed by atoms with Crippen LogP contribution in [0.15, 0.2) is 9.98 Å². The van der Waals surface area contributed by atoms with Crippen LogP contribution < -0.4 is 0 Å². The summed E-state index contributed by atoms with van der Waals surface area (Å²) in [5.41, 5.74) is 0. The van der Waals surface area contributed by atoms with Crippen LogP contribution in [0.1, 0.15) is 116 Å². The number of rotatable bonds is 19. The Balaban J connectivity index is 3.21. The van der Waals surface area contributed by atoms with E-state index in [1.54, 1.807) is 0 Å². The molecule has 0 aliphatic heterocycles. The van der Waals surface area contributed by atoms with Gasteiger partial charge in [-0.05, 0) is 12.8 Å². The van der Waals surface area contributed by atoms with Gasteiger partial charge in [-0.25, -0.2) is 9.59 Å². The van der Waals surface area contributed by atoms with Gasteiger partial charge < -0.3 is 0 Å². The van der Waals surface area contributed by atoms with Crippen molar-refractivity contribution in [3.05, 3.63) is 0 Å². The summed E-state index contributed by atoms with van der Waals surface area (Å²) in [5.74, 6) is 0. The minimum absolute atomic E-state index is 0.568. The molecule has 0 amide bonds. The van der Waals surface area contributed by atoms with Crippen LogP contribution in [0.4, 0.5) is 0 Å². The molecule has 0 radical (unpaired) electrons. The third-order valence-corrected chi connectivity index (χ3v) is 4.72. The van der Waals surface area contributed by atoms with Gasteiger partial charge in [0.2, 0.25) is 12.2 Å². The van der Waals surface area contributed by atoms with E-state index in [0.717, 1.165) is 12.8 Å². The topological polar surface area (TPSA) is 58.9 Å². The standard InChI is InChI=1S/C21H38N2O2/c1-2-3-4-5-6-7-8-9-10-11-12-13-14-15-16-17-18-21(22-19-24)23-20-25/h21H,2-18H2,1H3. The van der Waals surface area contributed by atoms with E-state index in [2.05, 4.69) is 16.9 Å². The summed E-state index contributed by atoms with van der Waals surface area (Å²) in [6.07, 6.45) is 24.2. The number of hydrogen-bond acceptors (Lipinski definition) is 4. The van der Waals surface area contributed by atoms with Gasteiger partial charge in [0.05, 0.1) is 0 Å². The average molecular weight is 351 g/mol. The number of unbranched alkanes of at least 4 members (excludes halogenated alkanes) is 15. The third-order valence-electron chi connectivity index (χ3n) is 4.72. The van der Waals surface area contributed by atoms with Crippen molar-refractivity contribution in [1.82, 2.24) is 0 Å². The van der Waals surface area contributed by atoms with Crippen LogP contribution in [0.2, 0.25) is 0 Å². The molecule has 4 heteroatoms. The molecular weight excluding hydrogens is 312 g/mol. The summed E-state index contributed by atoms with van der Waals surface area (Å²) >= 11 is 0. The predicted molar refractivity (Wildman–Crippen MR) is 104 cm³/mol. The molecule has 0 N–H and O–H groups in total. The summed E-state index contributed by atoms with van der Waals surface area (Å²) in [6.45, 7) is 2.27. The Morgan fingerprint density at radius 3 is 1.20 bits per heavy atom. The molecule has 0 aromatic rings. The molecule has 0 spiro atoms. The molecule has 0 bridgehead atoms. The summed E-state index contributed by atoms with van der Waals surface area (Å²) < 4.78 is 0. The smallest absolute Gasteiger partial charge is 0.211 e. The maximum absolute atomic E-state index is 10.2. The van der Waals surface area contributed by atoms with Crippen molar-refractivity contribution < 1.29 is 9.59 Å². The molecule has 0 heterocycles. The second-order valence-electron chi connectivity index (χ2n) is 7.01. The van der Waals surface area contributed by atoms with E-state index in [1.807, 2.05) is 0 Å². The van der Waals surface area contributed by atoms with E-state index in [-0.39, 0.29) is 0 Å².